The molecular weight excluding hydrogens is 375 g/mol. The number of rotatable bonds is 4. The summed E-state index contributed by atoms with van der Waals surface area (Å²) in [5.74, 6) is 2.18. The van der Waals surface area contributed by atoms with Gasteiger partial charge in [-0.2, -0.15) is 4.98 Å². The average molecular weight is 395 g/mol. The molecule has 0 aliphatic carbocycles. The molecule has 26 heavy (non-hydrogen) atoms. The highest BCUT2D eigenvalue weighted by Gasteiger charge is 2.28. The fourth-order valence-electron chi connectivity index (χ4n) is 3.13. The van der Waals surface area contributed by atoms with Crippen molar-refractivity contribution in [3.63, 3.8) is 0 Å². The van der Waals surface area contributed by atoms with Gasteiger partial charge in [-0.25, -0.2) is 4.98 Å². The number of hydrogen-bond acceptors (Lipinski definition) is 6. The first-order valence-corrected chi connectivity index (χ1v) is 8.59. The van der Waals surface area contributed by atoms with Crippen LogP contribution >= 0.6 is 24.0 Å². The lowest BCUT2D eigenvalue weighted by atomic mass is 10.1. The van der Waals surface area contributed by atoms with Crippen molar-refractivity contribution >= 4 is 24.0 Å². The van der Waals surface area contributed by atoms with E-state index in [1.807, 2.05) is 43.7 Å². The molecule has 0 bridgehead atoms. The summed E-state index contributed by atoms with van der Waals surface area (Å²) in [5, 5.41) is 8.17. The van der Waals surface area contributed by atoms with Gasteiger partial charge >= 0.3 is 0 Å². The molecule has 2 aromatic heterocycles. The zero-order chi connectivity index (χ0) is 17.2. The molecule has 1 aliphatic rings. The van der Waals surface area contributed by atoms with Crippen molar-refractivity contribution in [2.24, 2.45) is 7.05 Å². The molecule has 0 amide bonds. The van der Waals surface area contributed by atoms with Crippen molar-refractivity contribution in [2.75, 3.05) is 19.6 Å². The minimum absolute atomic E-state index is 0. The van der Waals surface area contributed by atoms with E-state index in [1.165, 1.54) is 0 Å². The van der Waals surface area contributed by atoms with Crippen molar-refractivity contribution in [2.45, 2.75) is 12.6 Å². The Bertz CT molecular complexity index is 864. The van der Waals surface area contributed by atoms with Gasteiger partial charge in [0.1, 0.15) is 5.82 Å². The van der Waals surface area contributed by atoms with Crippen LogP contribution in [0.1, 0.15) is 17.8 Å². The molecule has 0 spiro atoms. The number of benzene rings is 1. The second-order valence-electron chi connectivity index (χ2n) is 6.11. The monoisotopic (exact) mass is 394 g/mol. The van der Waals surface area contributed by atoms with E-state index in [4.69, 9.17) is 16.1 Å². The maximum atomic E-state index is 6.04. The summed E-state index contributed by atoms with van der Waals surface area (Å²) >= 11 is 6.04. The van der Waals surface area contributed by atoms with Gasteiger partial charge in [-0.05, 0) is 12.1 Å². The molecule has 7 nitrogen and oxygen atoms in total. The highest BCUT2D eigenvalue weighted by atomic mass is 35.5. The number of nitrogens with zero attached hydrogens (tertiary/aromatic N) is 5. The zero-order valence-corrected chi connectivity index (χ0v) is 15.9. The Hall–Kier alpha value is -1.93. The summed E-state index contributed by atoms with van der Waals surface area (Å²) in [6.45, 7) is 3.26. The minimum atomic E-state index is 0. The van der Waals surface area contributed by atoms with Crippen molar-refractivity contribution in [1.82, 2.24) is 29.9 Å². The standard InChI is InChI=1S/C17H19ClN6O.ClH/c1-23-7-6-20-17(23)14-10-19-5-8-24(14)11-15-21-16(22-25-15)12-3-2-4-13(18)9-12;/h2-4,6-7,9,14,19H,5,8,10-11H2,1H3;1H. The first-order chi connectivity index (χ1) is 12.2. The molecule has 138 valence electrons. The summed E-state index contributed by atoms with van der Waals surface area (Å²) in [7, 11) is 2.01. The number of piperazine rings is 1. The van der Waals surface area contributed by atoms with Crippen LogP contribution in [0.25, 0.3) is 11.4 Å². The molecular formula is C17H20Cl2N6O. The van der Waals surface area contributed by atoms with Crippen LogP contribution in [0.15, 0.2) is 41.2 Å². The number of aromatic nitrogens is 4. The highest BCUT2D eigenvalue weighted by molar-refractivity contribution is 6.30. The fraction of sp³-hybridized carbons (Fsp3) is 0.353. The van der Waals surface area contributed by atoms with E-state index >= 15 is 0 Å². The Morgan fingerprint density at radius 2 is 2.27 bits per heavy atom. The van der Waals surface area contributed by atoms with Crippen LogP contribution in [0.2, 0.25) is 5.02 Å². The van der Waals surface area contributed by atoms with E-state index in [1.54, 1.807) is 0 Å². The predicted octanol–water partition coefficient (Wildman–Crippen LogP) is 2.69. The summed E-state index contributed by atoms with van der Waals surface area (Å²) in [5.41, 5.74) is 0.850. The van der Waals surface area contributed by atoms with Crippen LogP contribution in [-0.2, 0) is 13.6 Å². The Morgan fingerprint density at radius 3 is 3.04 bits per heavy atom. The van der Waals surface area contributed by atoms with E-state index in [0.717, 1.165) is 31.0 Å². The van der Waals surface area contributed by atoms with Gasteiger partial charge in [-0.15, -0.1) is 12.4 Å². The van der Waals surface area contributed by atoms with Crippen molar-refractivity contribution in [3.8, 4) is 11.4 Å². The lowest BCUT2D eigenvalue weighted by molar-refractivity contribution is 0.128. The number of hydrogen-bond donors (Lipinski definition) is 1. The van der Waals surface area contributed by atoms with Crippen molar-refractivity contribution in [3.05, 3.63) is 53.4 Å². The molecule has 1 N–H and O–H groups in total. The molecule has 1 atom stereocenters. The second kappa shape index (κ2) is 8.18. The molecule has 4 rings (SSSR count). The maximum Gasteiger partial charge on any atom is 0.241 e. The Kier molecular flexibility index (Phi) is 5.93. The van der Waals surface area contributed by atoms with Crippen LogP contribution in [-0.4, -0.2) is 44.2 Å². The molecule has 1 unspecified atom stereocenters. The average Bonchev–Trinajstić information content (AvgIpc) is 3.25. The first-order valence-electron chi connectivity index (χ1n) is 8.21. The SMILES string of the molecule is Cl.Cn1ccnc1C1CNCCN1Cc1nc(-c2cccc(Cl)c2)no1. The number of halogens is 2. The molecule has 0 saturated carbocycles. The van der Waals surface area contributed by atoms with E-state index in [9.17, 15) is 0 Å². The maximum absolute atomic E-state index is 6.04. The molecule has 1 saturated heterocycles. The van der Waals surface area contributed by atoms with Crippen LogP contribution in [0.3, 0.4) is 0 Å². The lowest BCUT2D eigenvalue weighted by Crippen LogP contribution is -2.46. The Balaban J connectivity index is 0.00000196. The van der Waals surface area contributed by atoms with Gasteiger partial charge in [0.2, 0.25) is 11.7 Å². The van der Waals surface area contributed by atoms with Gasteiger partial charge in [0, 0.05) is 49.7 Å². The van der Waals surface area contributed by atoms with Gasteiger partial charge in [0.25, 0.3) is 0 Å². The molecule has 3 aromatic rings. The van der Waals surface area contributed by atoms with Gasteiger partial charge in [-0.3, -0.25) is 4.90 Å². The summed E-state index contributed by atoms with van der Waals surface area (Å²) in [6.07, 6.45) is 3.79. The number of imidazole rings is 1. The van der Waals surface area contributed by atoms with Crippen LogP contribution in [0.4, 0.5) is 0 Å². The van der Waals surface area contributed by atoms with Gasteiger partial charge in [0.15, 0.2) is 0 Å². The molecule has 1 aliphatic heterocycles. The van der Waals surface area contributed by atoms with Crippen molar-refractivity contribution in [1.29, 1.82) is 0 Å². The Labute approximate surface area is 162 Å². The second-order valence-corrected chi connectivity index (χ2v) is 6.55. The zero-order valence-electron chi connectivity index (χ0n) is 14.3. The summed E-state index contributed by atoms with van der Waals surface area (Å²) < 4.78 is 7.52. The largest absolute Gasteiger partial charge is 0.338 e. The summed E-state index contributed by atoms with van der Waals surface area (Å²) in [6, 6.07) is 7.63. The van der Waals surface area contributed by atoms with E-state index in [-0.39, 0.29) is 18.4 Å². The minimum Gasteiger partial charge on any atom is -0.338 e. The topological polar surface area (TPSA) is 72.0 Å². The number of nitrogens with one attached hydrogen (secondary N) is 1. The lowest BCUT2D eigenvalue weighted by Gasteiger charge is -2.34. The molecule has 1 fully saturated rings. The molecule has 9 heteroatoms. The van der Waals surface area contributed by atoms with Crippen LogP contribution in [0.5, 0.6) is 0 Å². The third-order valence-corrected chi connectivity index (χ3v) is 4.64. The third-order valence-electron chi connectivity index (χ3n) is 4.40. The fourth-order valence-corrected chi connectivity index (χ4v) is 3.32. The van der Waals surface area contributed by atoms with E-state index in [2.05, 4.69) is 29.9 Å². The highest BCUT2D eigenvalue weighted by Crippen LogP contribution is 2.24. The van der Waals surface area contributed by atoms with Gasteiger partial charge in [0.05, 0.1) is 12.6 Å². The third kappa shape index (κ3) is 3.91. The van der Waals surface area contributed by atoms with Crippen LogP contribution in [0, 0.1) is 0 Å². The molecule has 1 aromatic carbocycles. The number of aryl methyl sites for hydroxylation is 1. The Morgan fingerprint density at radius 1 is 1.38 bits per heavy atom. The summed E-state index contributed by atoms with van der Waals surface area (Å²) in [4.78, 5) is 11.3. The normalized spacial score (nSPS) is 17.8. The van der Waals surface area contributed by atoms with Crippen LogP contribution < -0.4 is 5.32 Å². The van der Waals surface area contributed by atoms with E-state index < -0.39 is 0 Å². The predicted molar refractivity (Wildman–Crippen MR) is 101 cm³/mol. The smallest absolute Gasteiger partial charge is 0.241 e. The molecule has 0 radical (unpaired) electrons. The molecule has 3 heterocycles. The van der Waals surface area contributed by atoms with Gasteiger partial charge in [-0.1, -0.05) is 28.9 Å². The van der Waals surface area contributed by atoms with E-state index in [0.29, 0.717) is 23.3 Å². The van der Waals surface area contributed by atoms with Gasteiger partial charge < -0.3 is 14.4 Å². The van der Waals surface area contributed by atoms with Crippen molar-refractivity contribution < 1.29 is 4.52 Å². The first kappa shape index (κ1) is 18.8. The quantitative estimate of drug-likeness (QED) is 0.733.